The Kier molecular flexibility index (Phi) is 4.12. The van der Waals surface area contributed by atoms with Crippen LogP contribution in [0.4, 0.5) is 0 Å². The van der Waals surface area contributed by atoms with Crippen LogP contribution in [0.15, 0.2) is 64.6 Å². The predicted molar refractivity (Wildman–Crippen MR) is 82.1 cm³/mol. The van der Waals surface area contributed by atoms with Crippen LogP contribution in [0.3, 0.4) is 0 Å². The third-order valence-corrected chi connectivity index (χ3v) is 4.57. The number of hydrogen-bond donors (Lipinski definition) is 2. The lowest BCUT2D eigenvalue weighted by atomic mass is 10.2. The van der Waals surface area contributed by atoms with Gasteiger partial charge in [-0.15, -0.1) is 0 Å². The van der Waals surface area contributed by atoms with Crippen LogP contribution in [0.2, 0.25) is 0 Å². The Morgan fingerprint density at radius 1 is 1.05 bits per heavy atom. The molecule has 0 bridgehead atoms. The van der Waals surface area contributed by atoms with E-state index in [0.717, 1.165) is 10.5 Å². The van der Waals surface area contributed by atoms with Crippen LogP contribution in [-0.4, -0.2) is 16.7 Å². The second-order valence-corrected chi connectivity index (χ2v) is 7.09. The maximum absolute atomic E-state index is 12.4. The Bertz CT molecular complexity index is 606. The highest BCUT2D eigenvalue weighted by Gasteiger charge is 2.08. The molecule has 100 valence electrons. The average molecular weight is 274 g/mol. The zero-order valence-electron chi connectivity index (χ0n) is 11.1. The first-order valence-electron chi connectivity index (χ1n) is 6.08. The van der Waals surface area contributed by atoms with Gasteiger partial charge >= 0.3 is 0 Å². The molecule has 1 N–H and O–H groups in total. The predicted octanol–water partition coefficient (Wildman–Crippen LogP) is 2.54. The van der Waals surface area contributed by atoms with E-state index < -0.39 is 10.1 Å². The lowest BCUT2D eigenvalue weighted by Crippen LogP contribution is -2.25. The Balaban J connectivity index is 2.06. The van der Waals surface area contributed by atoms with Gasteiger partial charge in [0.25, 0.3) is 0 Å². The van der Waals surface area contributed by atoms with Crippen molar-refractivity contribution in [2.75, 3.05) is 6.26 Å². The standard InChI is InChI=1S/C15H18N2OS/c1-13-8-10-14(11-9-13)12-16-17-19(2,18)15-6-4-3-5-7-15/h3-12,19H,1-2H3,(H,17,18)/b16-12+. The van der Waals surface area contributed by atoms with E-state index in [2.05, 4.69) is 9.93 Å². The number of nitrogens with one attached hydrogen (secondary N) is 1. The molecule has 3 nitrogen and oxygen atoms in total. The van der Waals surface area contributed by atoms with Gasteiger partial charge < -0.3 is 0 Å². The molecule has 0 aliphatic carbocycles. The van der Waals surface area contributed by atoms with E-state index in [9.17, 15) is 4.21 Å². The van der Waals surface area contributed by atoms with Crippen molar-refractivity contribution in [3.8, 4) is 0 Å². The van der Waals surface area contributed by atoms with Crippen molar-refractivity contribution in [3.05, 3.63) is 65.7 Å². The van der Waals surface area contributed by atoms with E-state index in [-0.39, 0.29) is 0 Å². The van der Waals surface area contributed by atoms with E-state index >= 15 is 0 Å². The van der Waals surface area contributed by atoms with E-state index in [1.54, 1.807) is 12.5 Å². The highest BCUT2D eigenvalue weighted by Crippen LogP contribution is 2.12. The molecular weight excluding hydrogens is 256 g/mol. The van der Waals surface area contributed by atoms with Crippen LogP contribution in [-0.2, 0) is 10.1 Å². The fraction of sp³-hybridized carbons (Fsp3) is 0.133. The summed E-state index contributed by atoms with van der Waals surface area (Å²) >= 11 is 0. The number of benzene rings is 2. The Morgan fingerprint density at radius 2 is 1.68 bits per heavy atom. The fourth-order valence-corrected chi connectivity index (χ4v) is 2.77. The van der Waals surface area contributed by atoms with Gasteiger partial charge in [-0.25, -0.2) is 4.83 Å². The number of aryl methyl sites for hydroxylation is 1. The van der Waals surface area contributed by atoms with Gasteiger partial charge in [0, 0.05) is 11.2 Å². The van der Waals surface area contributed by atoms with Crippen LogP contribution in [0.1, 0.15) is 11.1 Å². The minimum atomic E-state index is -2.64. The quantitative estimate of drug-likeness (QED) is 0.502. The minimum absolute atomic E-state index is 0.774. The van der Waals surface area contributed by atoms with Gasteiger partial charge in [-0.3, -0.25) is 4.21 Å². The van der Waals surface area contributed by atoms with Gasteiger partial charge in [-0.2, -0.15) is 5.10 Å². The highest BCUT2D eigenvalue weighted by molar-refractivity contribution is 8.00. The van der Waals surface area contributed by atoms with Crippen molar-refractivity contribution in [2.45, 2.75) is 11.8 Å². The molecule has 2 aromatic rings. The lowest BCUT2D eigenvalue weighted by molar-refractivity contribution is 0.665. The zero-order valence-corrected chi connectivity index (χ0v) is 12.0. The Morgan fingerprint density at radius 3 is 2.32 bits per heavy atom. The van der Waals surface area contributed by atoms with Crippen molar-refractivity contribution in [1.82, 2.24) is 4.83 Å². The first kappa shape index (κ1) is 13.5. The van der Waals surface area contributed by atoms with Gasteiger partial charge in [-0.05, 0) is 34.7 Å². The van der Waals surface area contributed by atoms with Crippen LogP contribution in [0.5, 0.6) is 0 Å². The Hall–Kier alpha value is -1.94. The van der Waals surface area contributed by atoms with E-state index in [0.29, 0.717) is 0 Å². The summed E-state index contributed by atoms with van der Waals surface area (Å²) < 4.78 is 12.4. The Labute approximate surface area is 114 Å². The summed E-state index contributed by atoms with van der Waals surface area (Å²) in [7, 11) is -2.64. The average Bonchev–Trinajstić information content (AvgIpc) is 2.42. The molecule has 0 saturated carbocycles. The third-order valence-electron chi connectivity index (χ3n) is 2.79. The molecule has 0 aliphatic rings. The van der Waals surface area contributed by atoms with E-state index in [1.165, 1.54) is 5.56 Å². The summed E-state index contributed by atoms with van der Waals surface area (Å²) in [5, 5.41) is 4.08. The van der Waals surface area contributed by atoms with Gasteiger partial charge in [0.1, 0.15) is 0 Å². The molecule has 0 saturated heterocycles. The maximum atomic E-state index is 12.4. The number of hydrogen-bond acceptors (Lipinski definition) is 2. The van der Waals surface area contributed by atoms with Crippen molar-refractivity contribution in [2.24, 2.45) is 5.10 Å². The molecule has 0 amide bonds. The van der Waals surface area contributed by atoms with Crippen LogP contribution < -0.4 is 4.83 Å². The number of thiol groups is 1. The van der Waals surface area contributed by atoms with E-state index in [4.69, 9.17) is 0 Å². The summed E-state index contributed by atoms with van der Waals surface area (Å²) in [6.45, 7) is 2.04. The number of rotatable bonds is 4. The maximum Gasteiger partial charge on any atom is 0.0550 e. The van der Waals surface area contributed by atoms with Crippen LogP contribution in [0.25, 0.3) is 0 Å². The summed E-state index contributed by atoms with van der Waals surface area (Å²) in [5.41, 5.74) is 2.18. The first-order valence-corrected chi connectivity index (χ1v) is 8.23. The van der Waals surface area contributed by atoms with Crippen molar-refractivity contribution in [1.29, 1.82) is 0 Å². The first-order chi connectivity index (χ1) is 9.08. The number of nitrogens with zero attached hydrogens (tertiary/aromatic N) is 1. The van der Waals surface area contributed by atoms with Gasteiger partial charge in [0.05, 0.1) is 6.21 Å². The topological polar surface area (TPSA) is 41.5 Å². The lowest BCUT2D eigenvalue weighted by Gasteiger charge is -2.18. The monoisotopic (exact) mass is 274 g/mol. The molecule has 2 rings (SSSR count). The highest BCUT2D eigenvalue weighted by atomic mass is 32.3. The molecule has 19 heavy (non-hydrogen) atoms. The molecule has 4 heteroatoms. The second kappa shape index (κ2) is 5.80. The molecule has 0 fully saturated rings. The van der Waals surface area contributed by atoms with Crippen LogP contribution >= 0.6 is 0 Å². The fourth-order valence-electron chi connectivity index (χ4n) is 1.64. The number of hydrazone groups is 1. The summed E-state index contributed by atoms with van der Waals surface area (Å²) in [6.07, 6.45) is 3.35. The molecule has 0 atom stereocenters. The van der Waals surface area contributed by atoms with Crippen molar-refractivity contribution in [3.63, 3.8) is 0 Å². The smallest absolute Gasteiger partial charge is 0.0550 e. The SMILES string of the molecule is Cc1ccc(/C=N/N[SH](C)(=O)c2ccccc2)cc1. The molecule has 0 aliphatic heterocycles. The van der Waals surface area contributed by atoms with Crippen molar-refractivity contribution < 1.29 is 4.21 Å². The zero-order chi connectivity index (χ0) is 13.7. The van der Waals surface area contributed by atoms with Crippen LogP contribution in [0, 0.1) is 6.92 Å². The third kappa shape index (κ3) is 3.76. The second-order valence-electron chi connectivity index (χ2n) is 4.53. The van der Waals surface area contributed by atoms with Gasteiger partial charge in [-0.1, -0.05) is 48.0 Å². The minimum Gasteiger partial charge on any atom is -0.261 e. The molecule has 0 unspecified atom stereocenters. The molecule has 2 aromatic carbocycles. The largest absolute Gasteiger partial charge is 0.261 e. The molecule has 0 aromatic heterocycles. The molecular formula is C15H18N2OS. The molecule has 0 heterocycles. The molecule has 0 spiro atoms. The normalized spacial score (nSPS) is 12.5. The van der Waals surface area contributed by atoms with Crippen molar-refractivity contribution >= 4 is 16.3 Å². The van der Waals surface area contributed by atoms with Gasteiger partial charge in [0.15, 0.2) is 0 Å². The summed E-state index contributed by atoms with van der Waals surface area (Å²) in [5.74, 6) is 0. The van der Waals surface area contributed by atoms with Gasteiger partial charge in [0.2, 0.25) is 0 Å². The summed E-state index contributed by atoms with van der Waals surface area (Å²) in [6, 6.07) is 17.3. The molecule has 0 radical (unpaired) electrons. The van der Waals surface area contributed by atoms with E-state index in [1.807, 2.05) is 61.5 Å². The summed E-state index contributed by atoms with van der Waals surface area (Å²) in [4.78, 5) is 3.54.